The van der Waals surface area contributed by atoms with Gasteiger partial charge in [0.1, 0.15) is 0 Å². The summed E-state index contributed by atoms with van der Waals surface area (Å²) in [7, 11) is 0. The number of carbonyl (C=O) groups excluding carboxylic acids is 1. The highest BCUT2D eigenvalue weighted by atomic mass is 16.2. The fourth-order valence-corrected chi connectivity index (χ4v) is 3.40. The lowest BCUT2D eigenvalue weighted by Crippen LogP contribution is -2.13. The lowest BCUT2D eigenvalue weighted by molar-refractivity contribution is 0.102. The Bertz CT molecular complexity index is 1420. The molecule has 1 amide bonds. The first kappa shape index (κ1) is 21.0. The van der Waals surface area contributed by atoms with Crippen molar-refractivity contribution in [2.24, 2.45) is 0 Å². The second-order valence-electron chi connectivity index (χ2n) is 7.63. The molecular formula is C24H21N9O. The molecule has 0 spiro atoms. The minimum absolute atomic E-state index is 0.226. The summed E-state index contributed by atoms with van der Waals surface area (Å²) in [4.78, 5) is 14.0. The third kappa shape index (κ3) is 4.51. The number of rotatable bonds is 6. The van der Waals surface area contributed by atoms with Crippen LogP contribution in [0.5, 0.6) is 0 Å². The molecule has 0 aliphatic carbocycles. The largest absolute Gasteiger partial charge is 0.339 e. The molecular weight excluding hydrogens is 430 g/mol. The molecule has 5 rings (SSSR count). The van der Waals surface area contributed by atoms with Crippen molar-refractivity contribution in [1.82, 2.24) is 35.0 Å². The third-order valence-electron chi connectivity index (χ3n) is 5.00. The smallest absolute Gasteiger partial charge is 0.277 e. The van der Waals surface area contributed by atoms with E-state index in [4.69, 9.17) is 0 Å². The van der Waals surface area contributed by atoms with Gasteiger partial charge in [0.05, 0.1) is 17.6 Å². The average molecular weight is 451 g/mol. The van der Waals surface area contributed by atoms with E-state index in [1.165, 1.54) is 11.0 Å². The quantitative estimate of drug-likeness (QED) is 0.403. The molecule has 0 aliphatic heterocycles. The number of aromatic nitrogens is 7. The van der Waals surface area contributed by atoms with Crippen molar-refractivity contribution >= 4 is 23.1 Å². The van der Waals surface area contributed by atoms with Crippen LogP contribution in [0.4, 0.5) is 17.2 Å². The zero-order valence-electron chi connectivity index (χ0n) is 18.5. The molecule has 0 saturated carbocycles. The van der Waals surface area contributed by atoms with Gasteiger partial charge in [0.15, 0.2) is 17.3 Å². The van der Waals surface area contributed by atoms with E-state index in [1.807, 2.05) is 74.5 Å². The van der Waals surface area contributed by atoms with Gasteiger partial charge in [-0.2, -0.15) is 15.0 Å². The Morgan fingerprint density at radius 2 is 1.62 bits per heavy atom. The third-order valence-corrected chi connectivity index (χ3v) is 5.00. The van der Waals surface area contributed by atoms with Gasteiger partial charge in [-0.15, -0.1) is 15.3 Å². The van der Waals surface area contributed by atoms with E-state index in [0.29, 0.717) is 17.3 Å². The number of nitrogens with one attached hydrogen (secondary N) is 2. The molecule has 0 bridgehead atoms. The predicted octanol–water partition coefficient (Wildman–Crippen LogP) is 3.86. The van der Waals surface area contributed by atoms with Crippen molar-refractivity contribution in [2.75, 3.05) is 10.6 Å². The number of hydrogen-bond donors (Lipinski definition) is 2. The minimum atomic E-state index is -0.339. The topological polar surface area (TPSA) is 115 Å². The number of hydrogen-bond acceptors (Lipinski definition) is 7. The van der Waals surface area contributed by atoms with Crippen LogP contribution in [0.2, 0.25) is 0 Å². The summed E-state index contributed by atoms with van der Waals surface area (Å²) in [5.41, 5.74) is 4.37. The Balaban J connectivity index is 1.21. The summed E-state index contributed by atoms with van der Waals surface area (Å²) < 4.78 is 1.75. The van der Waals surface area contributed by atoms with E-state index in [9.17, 15) is 4.79 Å². The predicted molar refractivity (Wildman–Crippen MR) is 128 cm³/mol. The first-order chi connectivity index (χ1) is 16.5. The Labute approximate surface area is 195 Å². The number of amides is 1. The standard InChI is InChI=1S/C24H21N9O/c1-16-14-17(2)32(30-16)23-13-12-22(28-29-23)26-18-8-10-19(11-9-18)27-24(34)21-15-25-33(31-21)20-6-4-3-5-7-20/h3-15H,1-2H3,(H,26,28)(H,27,34). The van der Waals surface area contributed by atoms with E-state index in [2.05, 4.69) is 36.1 Å². The highest BCUT2D eigenvalue weighted by Crippen LogP contribution is 2.19. The van der Waals surface area contributed by atoms with Crippen molar-refractivity contribution < 1.29 is 4.79 Å². The second kappa shape index (κ2) is 8.94. The van der Waals surface area contributed by atoms with Crippen LogP contribution in [0.25, 0.3) is 11.5 Å². The molecule has 3 aromatic heterocycles. The summed E-state index contributed by atoms with van der Waals surface area (Å²) in [5, 5.41) is 27.3. The zero-order valence-corrected chi connectivity index (χ0v) is 18.5. The molecule has 0 saturated heterocycles. The van der Waals surface area contributed by atoms with Gasteiger partial charge in [-0.25, -0.2) is 4.68 Å². The molecule has 2 aromatic carbocycles. The summed E-state index contributed by atoms with van der Waals surface area (Å²) in [5.74, 6) is 0.909. The van der Waals surface area contributed by atoms with E-state index in [1.54, 1.807) is 16.8 Å². The molecule has 34 heavy (non-hydrogen) atoms. The Morgan fingerprint density at radius 1 is 0.853 bits per heavy atom. The molecule has 168 valence electrons. The summed E-state index contributed by atoms with van der Waals surface area (Å²) in [6, 6.07) is 22.3. The number of aryl methyl sites for hydroxylation is 2. The highest BCUT2D eigenvalue weighted by Gasteiger charge is 2.12. The molecule has 0 unspecified atom stereocenters. The zero-order chi connectivity index (χ0) is 23.5. The van der Waals surface area contributed by atoms with E-state index >= 15 is 0 Å². The van der Waals surface area contributed by atoms with Gasteiger partial charge in [0, 0.05) is 17.1 Å². The number of nitrogens with zero attached hydrogens (tertiary/aromatic N) is 7. The summed E-state index contributed by atoms with van der Waals surface area (Å²) in [6.07, 6.45) is 1.44. The summed E-state index contributed by atoms with van der Waals surface area (Å²) >= 11 is 0. The highest BCUT2D eigenvalue weighted by molar-refractivity contribution is 6.02. The Hall–Kier alpha value is -4.86. The van der Waals surface area contributed by atoms with Crippen LogP contribution in [0, 0.1) is 13.8 Å². The Morgan fingerprint density at radius 3 is 2.29 bits per heavy atom. The normalized spacial score (nSPS) is 10.8. The van der Waals surface area contributed by atoms with E-state index in [0.717, 1.165) is 22.8 Å². The Kier molecular flexibility index (Phi) is 5.53. The number of anilines is 3. The van der Waals surface area contributed by atoms with Gasteiger partial charge in [-0.3, -0.25) is 4.79 Å². The number of carbonyl (C=O) groups is 1. The molecule has 3 heterocycles. The minimum Gasteiger partial charge on any atom is -0.339 e. The van der Waals surface area contributed by atoms with E-state index < -0.39 is 0 Å². The first-order valence-corrected chi connectivity index (χ1v) is 10.6. The van der Waals surface area contributed by atoms with Crippen LogP contribution < -0.4 is 10.6 Å². The van der Waals surface area contributed by atoms with Gasteiger partial charge >= 0.3 is 0 Å². The monoisotopic (exact) mass is 451 g/mol. The summed E-state index contributed by atoms with van der Waals surface area (Å²) in [6.45, 7) is 3.91. The molecule has 10 nitrogen and oxygen atoms in total. The number of para-hydroxylation sites is 1. The van der Waals surface area contributed by atoms with Crippen LogP contribution in [-0.2, 0) is 0 Å². The van der Waals surface area contributed by atoms with Gasteiger partial charge in [0.2, 0.25) is 0 Å². The molecule has 0 fully saturated rings. The first-order valence-electron chi connectivity index (χ1n) is 10.6. The fourth-order valence-electron chi connectivity index (χ4n) is 3.40. The molecule has 0 atom stereocenters. The lowest BCUT2D eigenvalue weighted by Gasteiger charge is -2.08. The average Bonchev–Trinajstić information content (AvgIpc) is 3.48. The molecule has 0 aliphatic rings. The van der Waals surface area contributed by atoms with Gasteiger partial charge in [-0.1, -0.05) is 18.2 Å². The van der Waals surface area contributed by atoms with Crippen molar-refractivity contribution in [3.05, 3.63) is 96.1 Å². The van der Waals surface area contributed by atoms with Crippen molar-refractivity contribution in [3.8, 4) is 11.5 Å². The van der Waals surface area contributed by atoms with Crippen LogP contribution >= 0.6 is 0 Å². The van der Waals surface area contributed by atoms with Crippen LogP contribution in [0.15, 0.2) is 79.0 Å². The molecule has 0 radical (unpaired) electrons. The van der Waals surface area contributed by atoms with Crippen molar-refractivity contribution in [3.63, 3.8) is 0 Å². The maximum absolute atomic E-state index is 12.5. The molecule has 5 aromatic rings. The van der Waals surface area contributed by atoms with Crippen LogP contribution in [0.3, 0.4) is 0 Å². The van der Waals surface area contributed by atoms with Gasteiger partial charge in [-0.05, 0) is 68.4 Å². The van der Waals surface area contributed by atoms with Crippen LogP contribution in [-0.4, -0.2) is 40.9 Å². The molecule has 2 N–H and O–H groups in total. The maximum atomic E-state index is 12.5. The lowest BCUT2D eigenvalue weighted by atomic mass is 10.2. The van der Waals surface area contributed by atoms with Crippen molar-refractivity contribution in [1.29, 1.82) is 0 Å². The molecule has 10 heteroatoms. The van der Waals surface area contributed by atoms with Gasteiger partial charge < -0.3 is 10.6 Å². The SMILES string of the molecule is Cc1cc(C)n(-c2ccc(Nc3ccc(NC(=O)c4cnn(-c5ccccc5)n4)cc3)nn2)n1. The van der Waals surface area contributed by atoms with Crippen molar-refractivity contribution in [2.45, 2.75) is 13.8 Å². The fraction of sp³-hybridized carbons (Fsp3) is 0.0833. The van der Waals surface area contributed by atoms with Crippen LogP contribution in [0.1, 0.15) is 21.9 Å². The van der Waals surface area contributed by atoms with Gasteiger partial charge in [0.25, 0.3) is 5.91 Å². The second-order valence-corrected chi connectivity index (χ2v) is 7.63. The maximum Gasteiger partial charge on any atom is 0.277 e. The number of benzene rings is 2. The van der Waals surface area contributed by atoms with E-state index in [-0.39, 0.29) is 11.6 Å².